The van der Waals surface area contributed by atoms with E-state index in [1.807, 2.05) is 41.8 Å². The van der Waals surface area contributed by atoms with Crippen LogP contribution in [0, 0.1) is 0 Å². The zero-order valence-corrected chi connectivity index (χ0v) is 19.0. The molecule has 0 spiro atoms. The highest BCUT2D eigenvalue weighted by molar-refractivity contribution is 7.12. The second-order valence-corrected chi connectivity index (χ2v) is 8.92. The fraction of sp³-hybridized carbons (Fsp3) is 0.320. The number of benzene rings is 2. The highest BCUT2D eigenvalue weighted by atomic mass is 32.1. The van der Waals surface area contributed by atoms with E-state index >= 15 is 0 Å². The lowest BCUT2D eigenvalue weighted by atomic mass is 10.0. The number of amides is 1. The molecule has 4 rings (SSSR count). The number of nitrogens with one attached hydrogen (secondary N) is 1. The molecular formula is C25H29N3O2S. The number of nitrogens with zero attached hydrogens (tertiary/aromatic N) is 2. The van der Waals surface area contributed by atoms with Gasteiger partial charge in [0, 0.05) is 30.9 Å². The van der Waals surface area contributed by atoms with Crippen LogP contribution >= 0.6 is 11.3 Å². The molecule has 31 heavy (non-hydrogen) atoms. The molecule has 0 unspecified atom stereocenters. The lowest BCUT2D eigenvalue weighted by molar-refractivity contribution is 0.103. The van der Waals surface area contributed by atoms with Crippen LogP contribution < -0.4 is 10.1 Å². The number of carbonyl (C=O) groups is 1. The maximum atomic E-state index is 12.4. The summed E-state index contributed by atoms with van der Waals surface area (Å²) in [4.78, 5) is 18.0. The van der Waals surface area contributed by atoms with Crippen LogP contribution in [0.5, 0.6) is 5.75 Å². The second kappa shape index (κ2) is 10.1. The molecule has 1 fully saturated rings. The fourth-order valence-electron chi connectivity index (χ4n) is 3.96. The quantitative estimate of drug-likeness (QED) is 0.603. The van der Waals surface area contributed by atoms with E-state index in [0.717, 1.165) is 55.3 Å². The molecule has 2 heterocycles. The van der Waals surface area contributed by atoms with E-state index in [-0.39, 0.29) is 5.91 Å². The molecule has 1 N–H and O–H groups in total. The summed E-state index contributed by atoms with van der Waals surface area (Å²) >= 11 is 1.44. The second-order valence-electron chi connectivity index (χ2n) is 7.97. The molecule has 0 bridgehead atoms. The minimum Gasteiger partial charge on any atom is -0.496 e. The van der Waals surface area contributed by atoms with Crippen molar-refractivity contribution in [3.05, 3.63) is 70.4 Å². The van der Waals surface area contributed by atoms with Gasteiger partial charge in [0.25, 0.3) is 5.91 Å². The van der Waals surface area contributed by atoms with Crippen molar-refractivity contribution in [1.82, 2.24) is 9.80 Å². The SMILES string of the molecule is COc1ccc(-c2cccc(NC(=O)c3cccs3)c2)cc1CN1CCCN(C)CC1. The van der Waals surface area contributed by atoms with Crippen molar-refractivity contribution < 1.29 is 9.53 Å². The Bertz CT molecular complexity index is 1020. The van der Waals surface area contributed by atoms with E-state index < -0.39 is 0 Å². The van der Waals surface area contributed by atoms with Crippen LogP contribution in [0.25, 0.3) is 11.1 Å². The van der Waals surface area contributed by atoms with Crippen molar-refractivity contribution in [2.45, 2.75) is 13.0 Å². The van der Waals surface area contributed by atoms with Crippen molar-refractivity contribution in [3.63, 3.8) is 0 Å². The first-order chi connectivity index (χ1) is 15.1. The normalized spacial score (nSPS) is 15.4. The van der Waals surface area contributed by atoms with Gasteiger partial charge < -0.3 is 15.0 Å². The summed E-state index contributed by atoms with van der Waals surface area (Å²) in [6.07, 6.45) is 1.19. The Hall–Kier alpha value is -2.67. The molecule has 1 aliphatic rings. The Morgan fingerprint density at radius 1 is 1.03 bits per heavy atom. The molecule has 0 aliphatic carbocycles. The summed E-state index contributed by atoms with van der Waals surface area (Å²) in [7, 11) is 3.92. The van der Waals surface area contributed by atoms with Gasteiger partial charge >= 0.3 is 0 Å². The molecule has 2 aromatic carbocycles. The molecule has 0 saturated carbocycles. The predicted octanol–water partition coefficient (Wildman–Crippen LogP) is 4.81. The third-order valence-corrected chi connectivity index (χ3v) is 6.55. The number of likely N-dealkylation sites (N-methyl/N-ethyl adjacent to an activating group) is 1. The van der Waals surface area contributed by atoms with E-state index in [1.54, 1.807) is 7.11 Å². The molecule has 6 heteroatoms. The summed E-state index contributed by atoms with van der Waals surface area (Å²) < 4.78 is 5.65. The number of rotatable bonds is 6. The zero-order valence-electron chi connectivity index (χ0n) is 18.1. The zero-order chi connectivity index (χ0) is 21.6. The molecule has 1 aromatic heterocycles. The molecule has 5 nitrogen and oxygen atoms in total. The number of hydrogen-bond acceptors (Lipinski definition) is 5. The van der Waals surface area contributed by atoms with Crippen LogP contribution in [0.3, 0.4) is 0 Å². The van der Waals surface area contributed by atoms with Crippen molar-refractivity contribution in [3.8, 4) is 16.9 Å². The minimum atomic E-state index is -0.0753. The Kier molecular flexibility index (Phi) is 7.02. The van der Waals surface area contributed by atoms with E-state index in [0.29, 0.717) is 4.88 Å². The van der Waals surface area contributed by atoms with Crippen molar-refractivity contribution in [2.24, 2.45) is 0 Å². The number of anilines is 1. The van der Waals surface area contributed by atoms with Gasteiger partial charge in [-0.15, -0.1) is 11.3 Å². The van der Waals surface area contributed by atoms with Crippen molar-refractivity contribution >= 4 is 22.9 Å². The first-order valence-corrected chi connectivity index (χ1v) is 11.5. The number of thiophene rings is 1. The number of ether oxygens (including phenoxy) is 1. The van der Waals surface area contributed by atoms with Gasteiger partial charge in [0.1, 0.15) is 5.75 Å². The Balaban J connectivity index is 1.54. The van der Waals surface area contributed by atoms with Gasteiger partial charge in [-0.1, -0.05) is 24.3 Å². The van der Waals surface area contributed by atoms with E-state index in [2.05, 4.69) is 40.4 Å². The minimum absolute atomic E-state index is 0.0753. The fourth-order valence-corrected chi connectivity index (χ4v) is 4.58. The molecule has 0 atom stereocenters. The molecule has 3 aromatic rings. The Morgan fingerprint density at radius 3 is 2.71 bits per heavy atom. The topological polar surface area (TPSA) is 44.8 Å². The van der Waals surface area contributed by atoms with Crippen LogP contribution in [0.1, 0.15) is 21.7 Å². The van der Waals surface area contributed by atoms with Gasteiger partial charge in [0.15, 0.2) is 0 Å². The summed E-state index contributed by atoms with van der Waals surface area (Å²) in [5, 5.41) is 4.91. The summed E-state index contributed by atoms with van der Waals surface area (Å²) in [5.74, 6) is 0.845. The maximum Gasteiger partial charge on any atom is 0.265 e. The van der Waals surface area contributed by atoms with E-state index in [1.165, 1.54) is 23.3 Å². The predicted molar refractivity (Wildman–Crippen MR) is 128 cm³/mol. The van der Waals surface area contributed by atoms with Crippen LogP contribution in [0.15, 0.2) is 60.0 Å². The lowest BCUT2D eigenvalue weighted by Gasteiger charge is -2.22. The largest absolute Gasteiger partial charge is 0.496 e. The van der Waals surface area contributed by atoms with Crippen LogP contribution in [0.4, 0.5) is 5.69 Å². The summed E-state index contributed by atoms with van der Waals surface area (Å²) in [5.41, 5.74) is 4.18. The molecule has 1 aliphatic heterocycles. The molecule has 162 valence electrons. The Labute approximate surface area is 188 Å². The summed E-state index contributed by atoms with van der Waals surface area (Å²) in [6, 6.07) is 18.1. The van der Waals surface area contributed by atoms with E-state index in [9.17, 15) is 4.79 Å². The smallest absolute Gasteiger partial charge is 0.265 e. The third-order valence-electron chi connectivity index (χ3n) is 5.69. The van der Waals surface area contributed by atoms with Crippen molar-refractivity contribution in [1.29, 1.82) is 0 Å². The average Bonchev–Trinajstić information content (AvgIpc) is 3.25. The highest BCUT2D eigenvalue weighted by Crippen LogP contribution is 2.29. The third kappa shape index (κ3) is 5.53. The van der Waals surface area contributed by atoms with Crippen molar-refractivity contribution in [2.75, 3.05) is 45.7 Å². The van der Waals surface area contributed by atoms with Crippen LogP contribution in [-0.4, -0.2) is 56.0 Å². The average molecular weight is 436 g/mol. The van der Waals surface area contributed by atoms with Crippen LogP contribution in [-0.2, 0) is 6.54 Å². The lowest BCUT2D eigenvalue weighted by Crippen LogP contribution is -2.28. The first-order valence-electron chi connectivity index (χ1n) is 10.7. The molecule has 1 saturated heterocycles. The summed E-state index contributed by atoms with van der Waals surface area (Å²) in [6.45, 7) is 5.28. The van der Waals surface area contributed by atoms with Gasteiger partial charge in [-0.25, -0.2) is 0 Å². The van der Waals surface area contributed by atoms with Crippen LogP contribution in [0.2, 0.25) is 0 Å². The first kappa shape index (κ1) is 21.6. The number of carbonyl (C=O) groups excluding carboxylic acids is 1. The number of methoxy groups -OCH3 is 1. The van der Waals surface area contributed by atoms with E-state index in [4.69, 9.17) is 4.74 Å². The van der Waals surface area contributed by atoms with Gasteiger partial charge in [-0.05, 0) is 73.4 Å². The molecular weight excluding hydrogens is 406 g/mol. The molecule has 0 radical (unpaired) electrons. The Morgan fingerprint density at radius 2 is 1.90 bits per heavy atom. The highest BCUT2D eigenvalue weighted by Gasteiger charge is 2.15. The van der Waals surface area contributed by atoms with Gasteiger partial charge in [-0.3, -0.25) is 9.69 Å². The monoisotopic (exact) mass is 435 g/mol. The van der Waals surface area contributed by atoms with Gasteiger partial charge in [0.05, 0.1) is 12.0 Å². The maximum absolute atomic E-state index is 12.4. The van der Waals surface area contributed by atoms with Gasteiger partial charge in [0.2, 0.25) is 0 Å². The molecule has 1 amide bonds. The number of hydrogen-bond donors (Lipinski definition) is 1. The standard InChI is InChI=1S/C25H29N3O2S/c1-27-11-5-12-28(14-13-27)18-21-16-20(9-10-23(21)30-2)19-6-3-7-22(17-19)26-25(29)24-8-4-15-31-24/h3-4,6-10,15-17H,5,11-14,18H2,1-2H3,(H,26,29). The van der Waals surface area contributed by atoms with Gasteiger partial charge in [-0.2, -0.15) is 0 Å².